The zero-order valence-electron chi connectivity index (χ0n) is 18.2. The lowest BCUT2D eigenvalue weighted by Crippen LogP contribution is -2.49. The topological polar surface area (TPSA) is 106 Å². The summed E-state index contributed by atoms with van der Waals surface area (Å²) in [6, 6.07) is 15.9. The number of hydrogen-bond donors (Lipinski definition) is 3. The van der Waals surface area contributed by atoms with Gasteiger partial charge in [0.1, 0.15) is 6.04 Å². The van der Waals surface area contributed by atoms with Gasteiger partial charge in [0.2, 0.25) is 5.91 Å². The molecule has 3 rings (SSSR count). The summed E-state index contributed by atoms with van der Waals surface area (Å²) in [7, 11) is 1.28. The number of carbonyl (C=O) groups is 2. The highest BCUT2D eigenvalue weighted by atomic mass is 32.1. The number of alkyl carbamates (subject to hydrolysis) is 1. The van der Waals surface area contributed by atoms with Crippen LogP contribution in [-0.4, -0.2) is 30.1 Å². The molecule has 1 heterocycles. The van der Waals surface area contributed by atoms with E-state index in [1.165, 1.54) is 7.11 Å². The van der Waals surface area contributed by atoms with E-state index < -0.39 is 12.1 Å². The minimum atomic E-state index is -0.789. The van der Waals surface area contributed by atoms with E-state index in [2.05, 4.69) is 15.6 Å². The Labute approximate surface area is 192 Å². The average Bonchev–Trinajstić information content (AvgIpc) is 3.29. The Balaban J connectivity index is 1.82. The van der Waals surface area contributed by atoms with Gasteiger partial charge in [-0.15, -0.1) is 11.3 Å². The third-order valence-corrected chi connectivity index (χ3v) is 6.05. The summed E-state index contributed by atoms with van der Waals surface area (Å²) in [6.45, 7) is 2.05. The molecule has 0 fully saturated rings. The minimum absolute atomic E-state index is 0.300. The van der Waals surface area contributed by atoms with Crippen molar-refractivity contribution >= 4 is 29.0 Å². The Bertz CT molecular complexity index is 1020. The van der Waals surface area contributed by atoms with Gasteiger partial charge in [-0.25, -0.2) is 9.78 Å². The maximum absolute atomic E-state index is 13.3. The summed E-state index contributed by atoms with van der Waals surface area (Å²) in [4.78, 5) is 29.9. The van der Waals surface area contributed by atoms with Crippen LogP contribution in [-0.2, 0) is 28.8 Å². The van der Waals surface area contributed by atoms with Gasteiger partial charge in [0, 0.05) is 17.5 Å². The number of anilines is 1. The Morgan fingerprint density at radius 3 is 2.34 bits per heavy atom. The fourth-order valence-electron chi connectivity index (χ4n) is 3.30. The number of benzene rings is 2. The molecule has 0 aliphatic carbocycles. The number of amides is 2. The molecule has 4 N–H and O–H groups in total. The zero-order chi connectivity index (χ0) is 22.9. The predicted octanol–water partition coefficient (Wildman–Crippen LogP) is 3.66. The molecule has 2 atom stereocenters. The summed E-state index contributed by atoms with van der Waals surface area (Å²) in [5.74, 6) is -0.300. The van der Waals surface area contributed by atoms with Gasteiger partial charge in [0.15, 0.2) is 0 Å². The van der Waals surface area contributed by atoms with Crippen LogP contribution in [0, 0.1) is 0 Å². The lowest BCUT2D eigenvalue weighted by Gasteiger charge is -2.23. The van der Waals surface area contributed by atoms with E-state index in [1.54, 1.807) is 11.3 Å². The number of nitrogens with one attached hydrogen (secondary N) is 2. The van der Waals surface area contributed by atoms with Crippen LogP contribution in [0.3, 0.4) is 0 Å². The summed E-state index contributed by atoms with van der Waals surface area (Å²) in [5, 5.41) is 8.72. The van der Waals surface area contributed by atoms with Crippen LogP contribution in [0.2, 0.25) is 0 Å². The van der Waals surface area contributed by atoms with Gasteiger partial charge in [-0.3, -0.25) is 4.79 Å². The minimum Gasteiger partial charge on any atom is -0.453 e. The number of methoxy groups -OCH3 is 1. The number of thiazole rings is 1. The van der Waals surface area contributed by atoms with Crippen LogP contribution in [0.25, 0.3) is 0 Å². The Morgan fingerprint density at radius 1 is 1.03 bits per heavy atom. The number of rotatable bonds is 9. The van der Waals surface area contributed by atoms with Crippen molar-refractivity contribution in [1.29, 1.82) is 0 Å². The maximum atomic E-state index is 13.3. The number of carbonyl (C=O) groups excluding carboxylic acids is 2. The van der Waals surface area contributed by atoms with Gasteiger partial charge in [0.25, 0.3) is 0 Å². The van der Waals surface area contributed by atoms with Crippen molar-refractivity contribution in [1.82, 2.24) is 15.6 Å². The Morgan fingerprint density at radius 2 is 1.72 bits per heavy atom. The number of hydrogen-bond acceptors (Lipinski definition) is 6. The highest BCUT2D eigenvalue weighted by Crippen LogP contribution is 2.22. The summed E-state index contributed by atoms with van der Waals surface area (Å²) >= 11 is 1.57. The van der Waals surface area contributed by atoms with Crippen molar-refractivity contribution in [2.24, 2.45) is 0 Å². The second-order valence-corrected chi connectivity index (χ2v) is 8.35. The Hall–Kier alpha value is -3.39. The SMILES string of the molecule is CCc1nc(C(Cc2ccc(N)cc2)NC(=O)C(Cc2ccccc2)NC(=O)OC)cs1. The van der Waals surface area contributed by atoms with E-state index in [-0.39, 0.29) is 11.9 Å². The van der Waals surface area contributed by atoms with Gasteiger partial charge in [-0.2, -0.15) is 0 Å². The summed E-state index contributed by atoms with van der Waals surface area (Å²) < 4.78 is 4.73. The van der Waals surface area contributed by atoms with Crippen LogP contribution >= 0.6 is 11.3 Å². The average molecular weight is 453 g/mol. The third kappa shape index (κ3) is 6.55. The first-order chi connectivity index (χ1) is 15.5. The quantitative estimate of drug-likeness (QED) is 0.430. The molecule has 2 aromatic carbocycles. The summed E-state index contributed by atoms with van der Waals surface area (Å²) in [6.07, 6.45) is 1.06. The molecule has 0 aliphatic heterocycles. The van der Waals surface area contributed by atoms with E-state index in [0.717, 1.165) is 28.2 Å². The molecule has 0 aliphatic rings. The molecule has 7 nitrogen and oxygen atoms in total. The van der Waals surface area contributed by atoms with Crippen molar-refractivity contribution in [3.8, 4) is 0 Å². The largest absolute Gasteiger partial charge is 0.453 e. The molecule has 0 radical (unpaired) electrons. The van der Waals surface area contributed by atoms with Crippen LogP contribution in [0.4, 0.5) is 10.5 Å². The smallest absolute Gasteiger partial charge is 0.407 e. The van der Waals surface area contributed by atoms with E-state index in [9.17, 15) is 9.59 Å². The van der Waals surface area contributed by atoms with E-state index in [0.29, 0.717) is 18.5 Å². The molecule has 0 spiro atoms. The first kappa shape index (κ1) is 23.3. The van der Waals surface area contributed by atoms with Gasteiger partial charge in [-0.05, 0) is 36.1 Å². The molecule has 8 heteroatoms. The highest BCUT2D eigenvalue weighted by molar-refractivity contribution is 7.09. The molecular formula is C24H28N4O3S. The number of aromatic nitrogens is 1. The van der Waals surface area contributed by atoms with E-state index in [1.807, 2.05) is 66.9 Å². The molecule has 0 saturated heterocycles. The van der Waals surface area contributed by atoms with Gasteiger partial charge >= 0.3 is 6.09 Å². The number of nitrogens with zero attached hydrogens (tertiary/aromatic N) is 1. The molecule has 3 aromatic rings. The van der Waals surface area contributed by atoms with Crippen molar-refractivity contribution in [3.63, 3.8) is 0 Å². The van der Waals surface area contributed by atoms with Gasteiger partial charge in [-0.1, -0.05) is 49.4 Å². The van der Waals surface area contributed by atoms with Crippen molar-refractivity contribution in [3.05, 3.63) is 81.8 Å². The van der Waals surface area contributed by atoms with Crippen molar-refractivity contribution < 1.29 is 14.3 Å². The van der Waals surface area contributed by atoms with Crippen LogP contribution in [0.5, 0.6) is 0 Å². The van der Waals surface area contributed by atoms with E-state index >= 15 is 0 Å². The number of nitrogens with two attached hydrogens (primary N) is 1. The van der Waals surface area contributed by atoms with Crippen LogP contribution < -0.4 is 16.4 Å². The second-order valence-electron chi connectivity index (χ2n) is 7.40. The number of nitrogen functional groups attached to an aromatic ring is 1. The van der Waals surface area contributed by atoms with E-state index in [4.69, 9.17) is 10.5 Å². The highest BCUT2D eigenvalue weighted by Gasteiger charge is 2.26. The molecular weight excluding hydrogens is 424 g/mol. The second kappa shape index (κ2) is 11.3. The van der Waals surface area contributed by atoms with Crippen molar-refractivity contribution in [2.45, 2.75) is 38.3 Å². The number of aryl methyl sites for hydroxylation is 1. The molecule has 2 unspecified atom stereocenters. The fraction of sp³-hybridized carbons (Fsp3) is 0.292. The number of ether oxygens (including phenoxy) is 1. The lowest BCUT2D eigenvalue weighted by molar-refractivity contribution is -0.123. The predicted molar refractivity (Wildman–Crippen MR) is 126 cm³/mol. The zero-order valence-corrected chi connectivity index (χ0v) is 19.0. The fourth-order valence-corrected chi connectivity index (χ4v) is 4.10. The molecule has 168 valence electrons. The van der Waals surface area contributed by atoms with Crippen molar-refractivity contribution in [2.75, 3.05) is 12.8 Å². The van der Waals surface area contributed by atoms with Gasteiger partial charge < -0.3 is 21.1 Å². The first-order valence-electron chi connectivity index (χ1n) is 10.5. The normalized spacial score (nSPS) is 12.6. The monoisotopic (exact) mass is 452 g/mol. The first-order valence-corrected chi connectivity index (χ1v) is 11.3. The van der Waals surface area contributed by atoms with Crippen LogP contribution in [0.15, 0.2) is 60.0 Å². The molecule has 2 amide bonds. The molecule has 32 heavy (non-hydrogen) atoms. The molecule has 1 aromatic heterocycles. The molecule has 0 bridgehead atoms. The standard InChI is InChI=1S/C24H28N4O3S/c1-3-22-26-21(15-32-22)19(13-17-9-11-18(25)12-10-17)27-23(29)20(28-24(30)31-2)14-16-7-5-4-6-8-16/h4-12,15,19-20H,3,13-14,25H2,1-2H3,(H,27,29)(H,28,30). The van der Waals surface area contributed by atoms with Gasteiger partial charge in [0.05, 0.1) is 23.9 Å². The Kier molecular flexibility index (Phi) is 8.21. The maximum Gasteiger partial charge on any atom is 0.407 e. The third-order valence-electron chi connectivity index (χ3n) is 5.04. The van der Waals surface area contributed by atoms with Crippen LogP contribution in [0.1, 0.15) is 34.8 Å². The lowest BCUT2D eigenvalue weighted by atomic mass is 10.0. The molecule has 0 saturated carbocycles. The summed E-state index contributed by atoms with van der Waals surface area (Å²) in [5.41, 5.74) is 9.25.